The maximum absolute atomic E-state index is 11.9. The summed E-state index contributed by atoms with van der Waals surface area (Å²) in [7, 11) is 0. The summed E-state index contributed by atoms with van der Waals surface area (Å²) in [6, 6.07) is 8.08. The third-order valence-electron chi connectivity index (χ3n) is 2.52. The van der Waals surface area contributed by atoms with Crippen molar-refractivity contribution in [3.8, 4) is 5.75 Å². The maximum Gasteiger partial charge on any atom is 0.311 e. The van der Waals surface area contributed by atoms with Crippen LogP contribution in [-0.4, -0.2) is 17.3 Å². The molecule has 0 saturated carbocycles. The first-order chi connectivity index (χ1) is 9.47. The molecule has 5 nitrogen and oxygen atoms in total. The fourth-order valence-corrected chi connectivity index (χ4v) is 2.88. The lowest BCUT2D eigenvalue weighted by atomic mass is 10.2. The van der Waals surface area contributed by atoms with Crippen molar-refractivity contribution in [3.63, 3.8) is 0 Å². The molecule has 0 fully saturated rings. The maximum atomic E-state index is 11.9. The molecule has 0 atom stereocenters. The molecule has 0 radical (unpaired) electrons. The quantitative estimate of drug-likeness (QED) is 0.461. The molecule has 2 rings (SSSR count). The van der Waals surface area contributed by atoms with Crippen LogP contribution in [0.3, 0.4) is 0 Å². The molecule has 20 heavy (non-hydrogen) atoms. The van der Waals surface area contributed by atoms with Gasteiger partial charge in [0, 0.05) is 6.07 Å². The molecular formula is C13H10BrNO4S. The van der Waals surface area contributed by atoms with Crippen LogP contribution in [-0.2, 0) is 0 Å². The summed E-state index contributed by atoms with van der Waals surface area (Å²) in [5.74, 6) is -0.111. The predicted octanol–water partition coefficient (Wildman–Crippen LogP) is 3.99. The first-order valence-electron chi connectivity index (χ1n) is 5.64. The van der Waals surface area contributed by atoms with Crippen LogP contribution in [0.4, 0.5) is 5.69 Å². The summed E-state index contributed by atoms with van der Waals surface area (Å²) in [6.07, 6.45) is 0. The number of carbonyl (C=O) groups is 1. The number of hydrogen-bond donors (Lipinski definition) is 0. The summed E-state index contributed by atoms with van der Waals surface area (Å²) >= 11 is 4.57. The Morgan fingerprint density at radius 3 is 2.75 bits per heavy atom. The fourth-order valence-electron chi connectivity index (χ4n) is 1.57. The number of carbonyl (C=O) groups excluding carboxylic acids is 1. The number of ketones is 1. The number of nitrogens with zero attached hydrogens (tertiary/aromatic N) is 1. The second-order valence-corrected chi connectivity index (χ2v) is 6.51. The molecule has 1 aromatic carbocycles. The van der Waals surface area contributed by atoms with E-state index >= 15 is 0 Å². The highest BCUT2D eigenvalue weighted by atomic mass is 79.9. The summed E-state index contributed by atoms with van der Waals surface area (Å²) in [5, 5.41) is 10.9. The summed E-state index contributed by atoms with van der Waals surface area (Å²) in [4.78, 5) is 22.8. The van der Waals surface area contributed by atoms with Gasteiger partial charge in [0.05, 0.1) is 13.6 Å². The van der Waals surface area contributed by atoms with Gasteiger partial charge < -0.3 is 4.74 Å². The van der Waals surface area contributed by atoms with Crippen LogP contribution in [0, 0.1) is 17.0 Å². The van der Waals surface area contributed by atoms with Crippen LogP contribution in [0.5, 0.6) is 5.75 Å². The minimum atomic E-state index is -0.519. The van der Waals surface area contributed by atoms with E-state index in [0.717, 1.165) is 9.35 Å². The van der Waals surface area contributed by atoms with E-state index in [1.807, 2.05) is 0 Å². The molecule has 0 spiro atoms. The molecule has 0 aliphatic heterocycles. The van der Waals surface area contributed by atoms with Gasteiger partial charge in [-0.2, -0.15) is 0 Å². The number of halogens is 1. The minimum Gasteiger partial charge on any atom is -0.478 e. The van der Waals surface area contributed by atoms with Crippen molar-refractivity contribution in [1.82, 2.24) is 0 Å². The topological polar surface area (TPSA) is 69.4 Å². The van der Waals surface area contributed by atoms with Crippen molar-refractivity contribution < 1.29 is 14.5 Å². The van der Waals surface area contributed by atoms with Gasteiger partial charge in [0.15, 0.2) is 12.4 Å². The Labute approximate surface area is 127 Å². The first kappa shape index (κ1) is 14.7. The Morgan fingerprint density at radius 1 is 1.40 bits per heavy atom. The van der Waals surface area contributed by atoms with Crippen LogP contribution < -0.4 is 4.74 Å². The highest BCUT2D eigenvalue weighted by molar-refractivity contribution is 9.11. The van der Waals surface area contributed by atoms with E-state index < -0.39 is 4.92 Å². The molecule has 7 heteroatoms. The van der Waals surface area contributed by atoms with E-state index in [1.54, 1.807) is 25.1 Å². The van der Waals surface area contributed by atoms with Gasteiger partial charge in [-0.1, -0.05) is 6.07 Å². The standard InChI is InChI=1S/C13H10BrNO4S/c1-8-2-3-11(9(6-8)15(17)18)19-7-10(16)12-4-5-13(14)20-12/h2-6H,7H2,1H3. The highest BCUT2D eigenvalue weighted by Gasteiger charge is 2.17. The lowest BCUT2D eigenvalue weighted by Gasteiger charge is -2.06. The van der Waals surface area contributed by atoms with Gasteiger partial charge in [-0.3, -0.25) is 14.9 Å². The summed E-state index contributed by atoms with van der Waals surface area (Å²) in [6.45, 7) is 1.53. The molecule has 2 aromatic rings. The van der Waals surface area contributed by atoms with Crippen molar-refractivity contribution in [2.45, 2.75) is 6.92 Å². The monoisotopic (exact) mass is 355 g/mol. The number of ether oxygens (including phenoxy) is 1. The number of nitro benzene ring substituents is 1. The largest absolute Gasteiger partial charge is 0.478 e. The van der Waals surface area contributed by atoms with Gasteiger partial charge >= 0.3 is 5.69 Å². The molecule has 1 aromatic heterocycles. The Morgan fingerprint density at radius 2 is 2.15 bits per heavy atom. The van der Waals surface area contributed by atoms with Crippen molar-refractivity contribution in [1.29, 1.82) is 0 Å². The Balaban J connectivity index is 2.11. The molecule has 0 N–H and O–H groups in total. The fraction of sp³-hybridized carbons (Fsp3) is 0.154. The molecule has 0 aliphatic rings. The van der Waals surface area contributed by atoms with Crippen LogP contribution in [0.2, 0.25) is 0 Å². The number of hydrogen-bond acceptors (Lipinski definition) is 5. The van der Waals surface area contributed by atoms with Crippen LogP contribution in [0.1, 0.15) is 15.2 Å². The molecule has 0 unspecified atom stereocenters. The third-order valence-corrected chi connectivity index (χ3v) is 4.18. The smallest absolute Gasteiger partial charge is 0.311 e. The lowest BCUT2D eigenvalue weighted by molar-refractivity contribution is -0.385. The number of Topliss-reactive ketones (excluding diaryl/α,β-unsaturated/α-hetero) is 1. The Bertz CT molecular complexity index is 668. The zero-order valence-corrected chi connectivity index (χ0v) is 12.9. The SMILES string of the molecule is Cc1ccc(OCC(=O)c2ccc(Br)s2)c([N+](=O)[O-])c1. The number of rotatable bonds is 5. The van der Waals surface area contributed by atoms with E-state index in [2.05, 4.69) is 15.9 Å². The van der Waals surface area contributed by atoms with Crippen molar-refractivity contribution in [2.24, 2.45) is 0 Å². The van der Waals surface area contributed by atoms with Crippen molar-refractivity contribution in [3.05, 3.63) is 54.7 Å². The van der Waals surface area contributed by atoms with Crippen LogP contribution in [0.15, 0.2) is 34.1 Å². The summed E-state index contributed by atoms with van der Waals surface area (Å²) in [5.41, 5.74) is 0.628. The molecule has 0 amide bonds. The molecule has 0 saturated heterocycles. The predicted molar refractivity (Wildman–Crippen MR) is 79.7 cm³/mol. The van der Waals surface area contributed by atoms with E-state index in [-0.39, 0.29) is 23.8 Å². The van der Waals surface area contributed by atoms with E-state index in [1.165, 1.54) is 23.5 Å². The van der Waals surface area contributed by atoms with Gasteiger partial charge in [0.1, 0.15) is 0 Å². The van der Waals surface area contributed by atoms with Crippen LogP contribution in [0.25, 0.3) is 0 Å². The number of nitro groups is 1. The second kappa shape index (κ2) is 6.15. The first-order valence-corrected chi connectivity index (χ1v) is 7.24. The molecule has 0 bridgehead atoms. The highest BCUT2D eigenvalue weighted by Crippen LogP contribution is 2.28. The third kappa shape index (κ3) is 3.43. The van der Waals surface area contributed by atoms with E-state index in [0.29, 0.717) is 4.88 Å². The van der Waals surface area contributed by atoms with Gasteiger partial charge in [0.2, 0.25) is 5.78 Å². The van der Waals surface area contributed by atoms with Gasteiger partial charge in [-0.15, -0.1) is 11.3 Å². The van der Waals surface area contributed by atoms with E-state index in [9.17, 15) is 14.9 Å². The van der Waals surface area contributed by atoms with Gasteiger partial charge in [-0.25, -0.2) is 0 Å². The normalized spacial score (nSPS) is 10.3. The van der Waals surface area contributed by atoms with E-state index in [4.69, 9.17) is 4.74 Å². The minimum absolute atomic E-state index is 0.101. The molecule has 1 heterocycles. The average molecular weight is 356 g/mol. The number of aryl methyl sites for hydroxylation is 1. The zero-order valence-electron chi connectivity index (χ0n) is 10.5. The molecular weight excluding hydrogens is 346 g/mol. The summed E-state index contributed by atoms with van der Waals surface area (Å²) < 4.78 is 6.13. The van der Waals surface area contributed by atoms with Crippen molar-refractivity contribution in [2.75, 3.05) is 6.61 Å². The Kier molecular flexibility index (Phi) is 4.51. The Hall–Kier alpha value is -1.73. The zero-order chi connectivity index (χ0) is 14.7. The molecule has 104 valence electrons. The average Bonchev–Trinajstić information content (AvgIpc) is 2.83. The van der Waals surface area contributed by atoms with Gasteiger partial charge in [0.25, 0.3) is 0 Å². The number of thiophene rings is 1. The van der Waals surface area contributed by atoms with Gasteiger partial charge in [-0.05, 0) is 46.6 Å². The molecule has 0 aliphatic carbocycles. The van der Waals surface area contributed by atoms with Crippen molar-refractivity contribution >= 4 is 38.7 Å². The second-order valence-electron chi connectivity index (χ2n) is 4.04. The lowest BCUT2D eigenvalue weighted by Crippen LogP contribution is -2.11. The number of benzene rings is 1. The van der Waals surface area contributed by atoms with Crippen LogP contribution >= 0.6 is 27.3 Å².